The number of amides is 1. The van der Waals surface area contributed by atoms with Crippen molar-refractivity contribution in [1.29, 1.82) is 0 Å². The van der Waals surface area contributed by atoms with Crippen LogP contribution in [0, 0.1) is 13.8 Å². The molecule has 0 radical (unpaired) electrons. The van der Waals surface area contributed by atoms with E-state index in [1.54, 1.807) is 7.11 Å². The van der Waals surface area contributed by atoms with E-state index in [-0.39, 0.29) is 11.8 Å². The van der Waals surface area contributed by atoms with Gasteiger partial charge in [0.2, 0.25) is 5.91 Å². The Balaban J connectivity index is 2.35. The number of aromatic amines is 1. The van der Waals surface area contributed by atoms with Crippen LogP contribution in [0.3, 0.4) is 0 Å². The highest BCUT2D eigenvalue weighted by molar-refractivity contribution is 5.76. The normalized spacial score (nSPS) is 14.1. The number of hydrogen-bond acceptors (Lipinski definition) is 4. The van der Waals surface area contributed by atoms with Gasteiger partial charge in [-0.2, -0.15) is 5.10 Å². The number of hydrogen-bond donors (Lipinski definition) is 3. The Hall–Kier alpha value is -1.40. The number of nitrogens with zero attached hydrogens (tertiary/aromatic N) is 1. The molecule has 1 heterocycles. The Morgan fingerprint density at radius 3 is 2.75 bits per heavy atom. The average Bonchev–Trinajstić information content (AvgIpc) is 2.69. The van der Waals surface area contributed by atoms with E-state index in [9.17, 15) is 9.90 Å². The lowest BCUT2D eigenvalue weighted by atomic mass is 9.95. The molecule has 0 aliphatic carbocycles. The van der Waals surface area contributed by atoms with Crippen molar-refractivity contribution in [2.45, 2.75) is 45.6 Å². The molecule has 0 fully saturated rings. The fraction of sp³-hybridized carbons (Fsp3) is 0.714. The third-order valence-electron chi connectivity index (χ3n) is 3.33. The minimum atomic E-state index is -0.531. The predicted molar refractivity (Wildman–Crippen MR) is 76.6 cm³/mol. The standard InChI is InChI=1S/C14H25N3O3/c1-9(14-10(2)16-17-11(14)3)7-13(19)15-6-5-12(18)8-20-4/h9,12,18H,5-8H2,1-4H3,(H,15,19)(H,16,17). The number of rotatable bonds is 8. The Labute approximate surface area is 119 Å². The summed E-state index contributed by atoms with van der Waals surface area (Å²) in [5, 5.41) is 19.4. The molecule has 1 amide bonds. The third-order valence-corrected chi connectivity index (χ3v) is 3.33. The summed E-state index contributed by atoms with van der Waals surface area (Å²) in [6.07, 6.45) is 0.385. The van der Waals surface area contributed by atoms with Crippen LogP contribution in [0.25, 0.3) is 0 Å². The number of aliphatic hydroxyl groups is 1. The van der Waals surface area contributed by atoms with Crippen LogP contribution in [0.4, 0.5) is 0 Å². The van der Waals surface area contributed by atoms with Gasteiger partial charge in [0.25, 0.3) is 0 Å². The summed E-state index contributed by atoms with van der Waals surface area (Å²) in [4.78, 5) is 11.9. The minimum absolute atomic E-state index is 0.0119. The van der Waals surface area contributed by atoms with Gasteiger partial charge in [0.1, 0.15) is 0 Å². The molecule has 1 aromatic heterocycles. The number of aryl methyl sites for hydroxylation is 2. The lowest BCUT2D eigenvalue weighted by molar-refractivity contribution is -0.121. The molecule has 0 spiro atoms. The number of ether oxygens (including phenoxy) is 1. The van der Waals surface area contributed by atoms with E-state index in [2.05, 4.69) is 15.5 Å². The van der Waals surface area contributed by atoms with Crippen molar-refractivity contribution in [3.8, 4) is 0 Å². The first-order valence-corrected chi connectivity index (χ1v) is 6.90. The topological polar surface area (TPSA) is 87.2 Å². The summed E-state index contributed by atoms with van der Waals surface area (Å²) >= 11 is 0. The Morgan fingerprint density at radius 1 is 1.50 bits per heavy atom. The zero-order valence-electron chi connectivity index (χ0n) is 12.7. The molecule has 20 heavy (non-hydrogen) atoms. The molecule has 0 bridgehead atoms. The molecule has 0 aliphatic heterocycles. The fourth-order valence-electron chi connectivity index (χ4n) is 2.39. The van der Waals surface area contributed by atoms with Crippen LogP contribution < -0.4 is 5.32 Å². The van der Waals surface area contributed by atoms with E-state index in [1.807, 2.05) is 20.8 Å². The summed E-state index contributed by atoms with van der Waals surface area (Å²) in [6, 6.07) is 0. The molecule has 0 aliphatic rings. The maximum absolute atomic E-state index is 11.9. The minimum Gasteiger partial charge on any atom is -0.391 e. The van der Waals surface area contributed by atoms with Crippen molar-refractivity contribution in [3.05, 3.63) is 17.0 Å². The van der Waals surface area contributed by atoms with Crippen molar-refractivity contribution >= 4 is 5.91 Å². The van der Waals surface area contributed by atoms with E-state index in [1.165, 1.54) is 0 Å². The smallest absolute Gasteiger partial charge is 0.220 e. The van der Waals surface area contributed by atoms with Crippen molar-refractivity contribution in [2.24, 2.45) is 0 Å². The Kier molecular flexibility index (Phi) is 6.67. The second-order valence-electron chi connectivity index (χ2n) is 5.20. The monoisotopic (exact) mass is 283 g/mol. The number of methoxy groups -OCH3 is 1. The highest BCUT2D eigenvalue weighted by Gasteiger charge is 2.17. The van der Waals surface area contributed by atoms with Crippen LogP contribution in [0.2, 0.25) is 0 Å². The molecule has 1 rings (SSSR count). The van der Waals surface area contributed by atoms with Crippen molar-refractivity contribution < 1.29 is 14.6 Å². The van der Waals surface area contributed by atoms with Gasteiger partial charge in [-0.15, -0.1) is 0 Å². The van der Waals surface area contributed by atoms with Gasteiger partial charge in [-0.3, -0.25) is 9.89 Å². The number of carbonyl (C=O) groups is 1. The third kappa shape index (κ3) is 4.94. The number of aromatic nitrogens is 2. The van der Waals surface area contributed by atoms with E-state index >= 15 is 0 Å². The highest BCUT2D eigenvalue weighted by atomic mass is 16.5. The molecular weight excluding hydrogens is 258 g/mol. The van der Waals surface area contributed by atoms with Crippen LogP contribution in [0.1, 0.15) is 42.6 Å². The van der Waals surface area contributed by atoms with Gasteiger partial charge in [-0.1, -0.05) is 6.92 Å². The van der Waals surface area contributed by atoms with Crippen LogP contribution >= 0.6 is 0 Å². The van der Waals surface area contributed by atoms with Gasteiger partial charge < -0.3 is 15.2 Å². The molecule has 6 nitrogen and oxygen atoms in total. The molecule has 2 atom stereocenters. The SMILES string of the molecule is COCC(O)CCNC(=O)CC(C)c1c(C)n[nH]c1C. The summed E-state index contributed by atoms with van der Waals surface area (Å²) in [6.45, 7) is 6.67. The van der Waals surface area contributed by atoms with Gasteiger partial charge in [0, 0.05) is 25.8 Å². The molecule has 1 aromatic rings. The van der Waals surface area contributed by atoms with Crippen molar-refractivity contribution in [2.75, 3.05) is 20.3 Å². The van der Waals surface area contributed by atoms with Crippen molar-refractivity contribution in [1.82, 2.24) is 15.5 Å². The Morgan fingerprint density at radius 2 is 2.20 bits per heavy atom. The Bertz CT molecular complexity index is 412. The second kappa shape index (κ2) is 8.01. The number of H-pyrrole nitrogens is 1. The maximum atomic E-state index is 11.9. The molecule has 114 valence electrons. The average molecular weight is 283 g/mol. The summed E-state index contributed by atoms with van der Waals surface area (Å²) in [7, 11) is 1.54. The first-order chi connectivity index (χ1) is 9.45. The van der Waals surface area contributed by atoms with E-state index < -0.39 is 6.10 Å². The molecule has 0 saturated heterocycles. The zero-order valence-corrected chi connectivity index (χ0v) is 12.7. The summed E-state index contributed by atoms with van der Waals surface area (Å²) in [5.41, 5.74) is 3.07. The highest BCUT2D eigenvalue weighted by Crippen LogP contribution is 2.24. The van der Waals surface area contributed by atoms with E-state index in [0.717, 1.165) is 17.0 Å². The van der Waals surface area contributed by atoms with Gasteiger partial charge in [-0.25, -0.2) is 0 Å². The van der Waals surface area contributed by atoms with E-state index in [4.69, 9.17) is 4.74 Å². The first-order valence-electron chi connectivity index (χ1n) is 6.90. The molecular formula is C14H25N3O3. The van der Waals surface area contributed by atoms with Gasteiger partial charge in [0.05, 0.1) is 18.4 Å². The number of carbonyl (C=O) groups excluding carboxylic acids is 1. The second-order valence-corrected chi connectivity index (χ2v) is 5.20. The lowest BCUT2D eigenvalue weighted by Gasteiger charge is -2.13. The summed E-state index contributed by atoms with van der Waals surface area (Å²) in [5.74, 6) is 0.111. The molecule has 6 heteroatoms. The van der Waals surface area contributed by atoms with Crippen LogP contribution in [-0.4, -0.2) is 47.6 Å². The largest absolute Gasteiger partial charge is 0.391 e. The lowest BCUT2D eigenvalue weighted by Crippen LogP contribution is -2.29. The molecule has 0 saturated carbocycles. The molecule has 2 unspecified atom stereocenters. The van der Waals surface area contributed by atoms with Crippen molar-refractivity contribution in [3.63, 3.8) is 0 Å². The van der Waals surface area contributed by atoms with Gasteiger partial charge in [-0.05, 0) is 31.7 Å². The predicted octanol–water partition coefficient (Wildman–Crippen LogP) is 1.03. The van der Waals surface area contributed by atoms with Crippen LogP contribution in [0.5, 0.6) is 0 Å². The maximum Gasteiger partial charge on any atom is 0.220 e. The van der Waals surface area contributed by atoms with Crippen LogP contribution in [0.15, 0.2) is 0 Å². The fourth-order valence-corrected chi connectivity index (χ4v) is 2.39. The van der Waals surface area contributed by atoms with E-state index in [0.29, 0.717) is 26.0 Å². The quantitative estimate of drug-likeness (QED) is 0.665. The van der Waals surface area contributed by atoms with Gasteiger partial charge >= 0.3 is 0 Å². The van der Waals surface area contributed by atoms with Gasteiger partial charge in [0.15, 0.2) is 0 Å². The zero-order chi connectivity index (χ0) is 15.1. The summed E-state index contributed by atoms with van der Waals surface area (Å²) < 4.78 is 4.83. The number of nitrogens with one attached hydrogen (secondary N) is 2. The number of aliphatic hydroxyl groups excluding tert-OH is 1. The molecule has 0 aromatic carbocycles. The first kappa shape index (κ1) is 16.7. The molecule has 3 N–H and O–H groups in total. The van der Waals surface area contributed by atoms with Crippen LogP contribution in [-0.2, 0) is 9.53 Å².